The van der Waals surface area contributed by atoms with Gasteiger partial charge in [0.2, 0.25) is 0 Å². The van der Waals surface area contributed by atoms with Gasteiger partial charge in [-0.2, -0.15) is 0 Å². The van der Waals surface area contributed by atoms with Crippen molar-refractivity contribution in [1.29, 1.82) is 0 Å². The number of hydrogen-bond donors (Lipinski definition) is 1. The van der Waals surface area contributed by atoms with Crippen molar-refractivity contribution < 1.29 is 9.32 Å². The third kappa shape index (κ3) is 3.23. The fourth-order valence-electron chi connectivity index (χ4n) is 1.90. The van der Waals surface area contributed by atoms with Crippen molar-refractivity contribution in [3.63, 3.8) is 0 Å². The van der Waals surface area contributed by atoms with Crippen LogP contribution in [0.25, 0.3) is 0 Å². The zero-order valence-corrected chi connectivity index (χ0v) is 12.5. The maximum Gasteiger partial charge on any atom is 0.252 e. The Morgan fingerprint density at radius 1 is 1.37 bits per heavy atom. The highest BCUT2D eigenvalue weighted by Gasteiger charge is 2.11. The molecule has 1 aromatic heterocycles. The fourth-order valence-corrected chi connectivity index (χ4v) is 2.37. The number of nitrogens with one attached hydrogen (secondary N) is 1. The molecule has 2 rings (SSSR count). The lowest BCUT2D eigenvalue weighted by Crippen LogP contribution is -2.26. The van der Waals surface area contributed by atoms with Crippen molar-refractivity contribution in [3.05, 3.63) is 51.3 Å². The number of nitrogens with zero attached hydrogens (tertiary/aromatic N) is 1. The van der Waals surface area contributed by atoms with E-state index in [4.69, 9.17) is 4.52 Å². The first kappa shape index (κ1) is 13.8. The van der Waals surface area contributed by atoms with Crippen LogP contribution in [-0.2, 0) is 6.42 Å². The molecule has 1 heterocycles. The molecule has 0 unspecified atom stereocenters. The normalized spacial score (nSPS) is 10.5. The van der Waals surface area contributed by atoms with Gasteiger partial charge in [0.25, 0.3) is 5.91 Å². The molecule has 4 nitrogen and oxygen atoms in total. The number of hydrogen-bond acceptors (Lipinski definition) is 3. The summed E-state index contributed by atoms with van der Waals surface area (Å²) in [6, 6.07) is 7.36. The third-order valence-electron chi connectivity index (χ3n) is 2.96. The number of carbonyl (C=O) groups is 1. The van der Waals surface area contributed by atoms with Gasteiger partial charge in [0.15, 0.2) is 0 Å². The van der Waals surface area contributed by atoms with Crippen LogP contribution in [0.1, 0.15) is 27.4 Å². The second-order valence-electron chi connectivity index (χ2n) is 4.29. The van der Waals surface area contributed by atoms with Crippen molar-refractivity contribution in [2.45, 2.75) is 20.3 Å². The summed E-state index contributed by atoms with van der Waals surface area (Å²) in [6.07, 6.45) is 0.720. The maximum atomic E-state index is 12.0. The van der Waals surface area contributed by atoms with E-state index in [0.717, 1.165) is 27.9 Å². The van der Waals surface area contributed by atoms with Crippen LogP contribution in [0.15, 0.2) is 33.3 Å². The van der Waals surface area contributed by atoms with Crippen molar-refractivity contribution in [2.24, 2.45) is 0 Å². The first-order valence-electron chi connectivity index (χ1n) is 6.04. The minimum atomic E-state index is -0.0840. The molecule has 0 atom stereocenters. The quantitative estimate of drug-likeness (QED) is 0.941. The van der Waals surface area contributed by atoms with Crippen LogP contribution in [0.5, 0.6) is 0 Å². The molecule has 0 aliphatic heterocycles. The average molecular weight is 323 g/mol. The lowest BCUT2D eigenvalue weighted by molar-refractivity contribution is 0.0953. The zero-order chi connectivity index (χ0) is 13.8. The summed E-state index contributed by atoms with van der Waals surface area (Å²) < 4.78 is 5.88. The average Bonchev–Trinajstić information content (AvgIpc) is 2.70. The van der Waals surface area contributed by atoms with Gasteiger partial charge in [-0.05, 0) is 48.3 Å². The van der Waals surface area contributed by atoms with Crippen LogP contribution < -0.4 is 5.32 Å². The molecule has 0 saturated carbocycles. The summed E-state index contributed by atoms with van der Waals surface area (Å²) in [7, 11) is 0. The Labute approximate surface area is 120 Å². The molecule has 0 radical (unpaired) electrons. The summed E-state index contributed by atoms with van der Waals surface area (Å²) in [5.74, 6) is 0.729. The van der Waals surface area contributed by atoms with Gasteiger partial charge in [0.1, 0.15) is 5.76 Å². The molecule has 0 bridgehead atoms. The van der Waals surface area contributed by atoms with Crippen LogP contribution in [0.3, 0.4) is 0 Å². The van der Waals surface area contributed by atoms with E-state index in [1.54, 1.807) is 6.07 Å². The van der Waals surface area contributed by atoms with Crippen molar-refractivity contribution in [3.8, 4) is 0 Å². The van der Waals surface area contributed by atoms with Gasteiger partial charge < -0.3 is 9.84 Å². The number of aromatic nitrogens is 1. The first-order valence-corrected chi connectivity index (χ1v) is 6.83. The SMILES string of the molecule is Cc1noc(C)c1CCNC(=O)c1ccccc1Br. The monoisotopic (exact) mass is 322 g/mol. The number of benzene rings is 1. The molecule has 0 spiro atoms. The molecule has 0 saturated heterocycles. The van der Waals surface area contributed by atoms with E-state index in [-0.39, 0.29) is 5.91 Å². The Balaban J connectivity index is 1.93. The second-order valence-corrected chi connectivity index (χ2v) is 5.14. The lowest BCUT2D eigenvalue weighted by atomic mass is 10.1. The van der Waals surface area contributed by atoms with Gasteiger partial charge in [0, 0.05) is 16.6 Å². The molecule has 2 aromatic rings. The molecule has 5 heteroatoms. The van der Waals surface area contributed by atoms with E-state index in [2.05, 4.69) is 26.4 Å². The largest absolute Gasteiger partial charge is 0.361 e. The summed E-state index contributed by atoms with van der Waals surface area (Å²) in [5.41, 5.74) is 2.58. The number of amides is 1. The fraction of sp³-hybridized carbons (Fsp3) is 0.286. The highest BCUT2D eigenvalue weighted by atomic mass is 79.9. The van der Waals surface area contributed by atoms with Gasteiger partial charge >= 0.3 is 0 Å². The topological polar surface area (TPSA) is 55.1 Å². The van der Waals surface area contributed by atoms with E-state index in [9.17, 15) is 4.79 Å². The number of carbonyl (C=O) groups excluding carboxylic acids is 1. The number of halogens is 1. The Morgan fingerprint density at radius 2 is 2.11 bits per heavy atom. The summed E-state index contributed by atoms with van der Waals surface area (Å²) in [4.78, 5) is 12.0. The van der Waals surface area contributed by atoms with Crippen LogP contribution in [0.4, 0.5) is 0 Å². The Kier molecular flexibility index (Phi) is 4.37. The molecule has 0 fully saturated rings. The van der Waals surface area contributed by atoms with Crippen molar-refractivity contribution in [2.75, 3.05) is 6.54 Å². The molecule has 19 heavy (non-hydrogen) atoms. The second kappa shape index (κ2) is 6.02. The molecule has 1 amide bonds. The van der Waals surface area contributed by atoms with Gasteiger partial charge in [0.05, 0.1) is 11.3 Å². The minimum Gasteiger partial charge on any atom is -0.361 e. The summed E-state index contributed by atoms with van der Waals surface area (Å²) in [5, 5.41) is 6.79. The van der Waals surface area contributed by atoms with Crippen molar-refractivity contribution >= 4 is 21.8 Å². The molecular weight excluding hydrogens is 308 g/mol. The van der Waals surface area contributed by atoms with Crippen molar-refractivity contribution in [1.82, 2.24) is 10.5 Å². The van der Waals surface area contributed by atoms with Gasteiger partial charge in [-0.3, -0.25) is 4.79 Å². The van der Waals surface area contributed by atoms with Gasteiger partial charge in [-0.15, -0.1) is 0 Å². The molecular formula is C14H15BrN2O2. The molecule has 0 aliphatic rings. The van der Waals surface area contributed by atoms with Gasteiger partial charge in [-0.1, -0.05) is 17.3 Å². The minimum absolute atomic E-state index is 0.0840. The molecule has 1 aromatic carbocycles. The smallest absolute Gasteiger partial charge is 0.252 e. The van der Waals surface area contributed by atoms with E-state index >= 15 is 0 Å². The predicted molar refractivity (Wildman–Crippen MR) is 76.2 cm³/mol. The highest BCUT2D eigenvalue weighted by molar-refractivity contribution is 9.10. The molecule has 0 aliphatic carbocycles. The van der Waals surface area contributed by atoms with E-state index in [1.807, 2.05) is 32.0 Å². The van der Waals surface area contributed by atoms with Crippen LogP contribution in [-0.4, -0.2) is 17.6 Å². The Bertz CT molecular complexity index is 573. The highest BCUT2D eigenvalue weighted by Crippen LogP contribution is 2.16. The van der Waals surface area contributed by atoms with E-state index < -0.39 is 0 Å². The zero-order valence-electron chi connectivity index (χ0n) is 10.9. The summed E-state index contributed by atoms with van der Waals surface area (Å²) in [6.45, 7) is 4.34. The van der Waals surface area contributed by atoms with Crippen LogP contribution >= 0.6 is 15.9 Å². The third-order valence-corrected chi connectivity index (χ3v) is 3.65. The Morgan fingerprint density at radius 3 is 2.74 bits per heavy atom. The van der Waals surface area contributed by atoms with Crippen LogP contribution in [0.2, 0.25) is 0 Å². The molecule has 100 valence electrons. The maximum absolute atomic E-state index is 12.0. The van der Waals surface area contributed by atoms with E-state index in [1.165, 1.54) is 0 Å². The summed E-state index contributed by atoms with van der Waals surface area (Å²) >= 11 is 3.36. The van der Waals surface area contributed by atoms with Crippen LogP contribution in [0, 0.1) is 13.8 Å². The first-order chi connectivity index (χ1) is 9.09. The molecule has 1 N–H and O–H groups in total. The lowest BCUT2D eigenvalue weighted by Gasteiger charge is -2.06. The Hall–Kier alpha value is -1.62. The van der Waals surface area contributed by atoms with E-state index in [0.29, 0.717) is 12.1 Å². The standard InChI is InChI=1S/C14H15BrN2O2/c1-9-11(10(2)19-17-9)7-8-16-14(18)12-5-3-4-6-13(12)15/h3-6H,7-8H2,1-2H3,(H,16,18). The number of aryl methyl sites for hydroxylation is 2. The number of rotatable bonds is 4. The predicted octanol–water partition coefficient (Wildman–Crippen LogP) is 3.03. The van der Waals surface area contributed by atoms with Gasteiger partial charge in [-0.25, -0.2) is 0 Å².